The molecule has 0 bridgehead atoms. The molecule has 2 aromatic rings. The Kier molecular flexibility index (Phi) is 3.15. The standard InChI is InChI=1S/C15H14ClNO2/c16-15(19)14(18)13-10-6-3-4-7-11(10)17-9-5-1-2-8-12(13)17/h3-4,6-7H,1-2,5,8-9H2. The van der Waals surface area contributed by atoms with Gasteiger partial charge < -0.3 is 4.57 Å². The Balaban J connectivity index is 2.32. The van der Waals surface area contributed by atoms with Gasteiger partial charge in [0.15, 0.2) is 0 Å². The van der Waals surface area contributed by atoms with E-state index in [9.17, 15) is 9.59 Å². The van der Waals surface area contributed by atoms with Gasteiger partial charge in [0.1, 0.15) is 0 Å². The molecule has 3 nitrogen and oxygen atoms in total. The molecular formula is C15H14ClNO2. The third-order valence-corrected chi connectivity index (χ3v) is 3.95. The van der Waals surface area contributed by atoms with Crippen molar-refractivity contribution in [2.45, 2.75) is 32.2 Å². The number of rotatable bonds is 2. The smallest absolute Gasteiger partial charge is 0.293 e. The van der Waals surface area contributed by atoms with Crippen LogP contribution in [-0.4, -0.2) is 15.6 Å². The zero-order valence-electron chi connectivity index (χ0n) is 10.5. The Labute approximate surface area is 116 Å². The number of para-hydroxylation sites is 1. The molecule has 0 amide bonds. The van der Waals surface area contributed by atoms with Crippen molar-refractivity contribution in [1.82, 2.24) is 4.57 Å². The molecule has 0 unspecified atom stereocenters. The average molecular weight is 276 g/mol. The van der Waals surface area contributed by atoms with Crippen molar-refractivity contribution in [3.8, 4) is 0 Å². The number of ketones is 1. The van der Waals surface area contributed by atoms with Gasteiger partial charge in [-0.3, -0.25) is 9.59 Å². The Morgan fingerprint density at radius 2 is 1.89 bits per heavy atom. The van der Waals surface area contributed by atoms with Gasteiger partial charge in [-0.05, 0) is 36.9 Å². The van der Waals surface area contributed by atoms with Crippen LogP contribution >= 0.6 is 11.6 Å². The van der Waals surface area contributed by atoms with E-state index in [0.717, 1.165) is 48.8 Å². The Morgan fingerprint density at radius 1 is 1.11 bits per heavy atom. The van der Waals surface area contributed by atoms with Gasteiger partial charge in [-0.1, -0.05) is 24.6 Å². The molecule has 0 N–H and O–H groups in total. The molecule has 4 heteroatoms. The number of Topliss-reactive ketones (excluding diaryl/α,β-unsaturated/α-hetero) is 1. The van der Waals surface area contributed by atoms with Gasteiger partial charge in [-0.25, -0.2) is 0 Å². The van der Waals surface area contributed by atoms with Crippen molar-refractivity contribution in [3.63, 3.8) is 0 Å². The van der Waals surface area contributed by atoms with Crippen molar-refractivity contribution in [2.75, 3.05) is 0 Å². The van der Waals surface area contributed by atoms with Gasteiger partial charge in [-0.2, -0.15) is 0 Å². The second-order valence-electron chi connectivity index (χ2n) is 4.90. The lowest BCUT2D eigenvalue weighted by molar-refractivity contribution is -0.108. The van der Waals surface area contributed by atoms with Crippen LogP contribution in [0.4, 0.5) is 0 Å². The number of carbonyl (C=O) groups is 2. The van der Waals surface area contributed by atoms with Gasteiger partial charge in [0.25, 0.3) is 5.24 Å². The number of halogens is 1. The van der Waals surface area contributed by atoms with E-state index in [1.807, 2.05) is 24.3 Å². The number of carbonyl (C=O) groups excluding carboxylic acids is 2. The minimum Gasteiger partial charge on any atom is -0.344 e. The molecule has 0 aliphatic carbocycles. The summed E-state index contributed by atoms with van der Waals surface area (Å²) in [6.45, 7) is 0.902. The monoisotopic (exact) mass is 275 g/mol. The topological polar surface area (TPSA) is 39.1 Å². The van der Waals surface area contributed by atoms with E-state index in [2.05, 4.69) is 4.57 Å². The number of nitrogens with zero attached hydrogens (tertiary/aromatic N) is 1. The minimum atomic E-state index is -0.900. The first kappa shape index (κ1) is 12.4. The van der Waals surface area contributed by atoms with Crippen LogP contribution in [0.25, 0.3) is 10.9 Å². The predicted octanol–water partition coefficient (Wildman–Crippen LogP) is 3.32. The summed E-state index contributed by atoms with van der Waals surface area (Å²) in [6.07, 6.45) is 4.14. The molecule has 0 saturated carbocycles. The van der Waals surface area contributed by atoms with Gasteiger partial charge in [-0.15, -0.1) is 0 Å². The minimum absolute atomic E-state index is 0.512. The highest BCUT2D eigenvalue weighted by Gasteiger charge is 2.26. The summed E-state index contributed by atoms with van der Waals surface area (Å²) < 4.78 is 2.18. The molecule has 1 aromatic carbocycles. The zero-order chi connectivity index (χ0) is 13.4. The van der Waals surface area contributed by atoms with Crippen LogP contribution in [0.3, 0.4) is 0 Å². The molecule has 0 fully saturated rings. The average Bonchev–Trinajstić information content (AvgIpc) is 2.57. The van der Waals surface area contributed by atoms with E-state index in [4.69, 9.17) is 11.6 Å². The summed E-state index contributed by atoms with van der Waals surface area (Å²) in [5.74, 6) is -0.575. The highest BCUT2D eigenvalue weighted by atomic mass is 35.5. The van der Waals surface area contributed by atoms with E-state index in [-0.39, 0.29) is 0 Å². The molecule has 0 atom stereocenters. The van der Waals surface area contributed by atoms with Crippen molar-refractivity contribution in [1.29, 1.82) is 0 Å². The van der Waals surface area contributed by atoms with Crippen LogP contribution in [0.5, 0.6) is 0 Å². The first-order valence-electron chi connectivity index (χ1n) is 6.54. The van der Waals surface area contributed by atoms with Crippen molar-refractivity contribution in [2.24, 2.45) is 0 Å². The molecule has 1 aliphatic rings. The fraction of sp³-hybridized carbons (Fsp3) is 0.333. The number of hydrogen-bond acceptors (Lipinski definition) is 2. The van der Waals surface area contributed by atoms with Gasteiger partial charge in [0.05, 0.1) is 5.56 Å². The van der Waals surface area contributed by atoms with E-state index in [0.29, 0.717) is 5.56 Å². The second-order valence-corrected chi connectivity index (χ2v) is 5.25. The van der Waals surface area contributed by atoms with Crippen LogP contribution < -0.4 is 0 Å². The summed E-state index contributed by atoms with van der Waals surface area (Å²) in [5, 5.41) is -0.0539. The maximum Gasteiger partial charge on any atom is 0.293 e. The molecule has 2 heterocycles. The molecule has 0 spiro atoms. The van der Waals surface area contributed by atoms with Crippen LogP contribution in [0.1, 0.15) is 35.3 Å². The third-order valence-electron chi connectivity index (χ3n) is 3.78. The van der Waals surface area contributed by atoms with Crippen LogP contribution in [-0.2, 0) is 17.8 Å². The highest BCUT2D eigenvalue weighted by Crippen LogP contribution is 2.30. The van der Waals surface area contributed by atoms with Crippen molar-refractivity contribution in [3.05, 3.63) is 35.5 Å². The van der Waals surface area contributed by atoms with E-state index >= 15 is 0 Å². The maximum absolute atomic E-state index is 12.1. The molecule has 98 valence electrons. The first-order chi connectivity index (χ1) is 9.20. The maximum atomic E-state index is 12.1. The van der Waals surface area contributed by atoms with Gasteiger partial charge in [0, 0.05) is 23.1 Å². The largest absolute Gasteiger partial charge is 0.344 e. The van der Waals surface area contributed by atoms with E-state index in [1.165, 1.54) is 0 Å². The van der Waals surface area contributed by atoms with Crippen molar-refractivity contribution >= 4 is 33.5 Å². The van der Waals surface area contributed by atoms with Crippen LogP contribution in [0.2, 0.25) is 0 Å². The molecule has 0 radical (unpaired) electrons. The summed E-state index contributed by atoms with van der Waals surface area (Å²) in [7, 11) is 0. The van der Waals surface area contributed by atoms with Gasteiger partial charge in [0.2, 0.25) is 5.78 Å². The summed E-state index contributed by atoms with van der Waals surface area (Å²) in [5.41, 5.74) is 2.51. The molecule has 19 heavy (non-hydrogen) atoms. The van der Waals surface area contributed by atoms with Gasteiger partial charge >= 0.3 is 0 Å². The second kappa shape index (κ2) is 4.82. The quantitative estimate of drug-likeness (QED) is 0.479. The summed E-state index contributed by atoms with van der Waals surface area (Å²) in [4.78, 5) is 23.4. The molecule has 3 rings (SSSR count). The lowest BCUT2D eigenvalue weighted by atomic mass is 10.0. The summed E-state index contributed by atoms with van der Waals surface area (Å²) >= 11 is 5.41. The number of hydrogen-bond donors (Lipinski definition) is 0. The first-order valence-corrected chi connectivity index (χ1v) is 6.92. The Bertz CT molecular complexity index is 672. The number of aromatic nitrogens is 1. The number of fused-ring (bicyclic) bond motifs is 3. The summed E-state index contributed by atoms with van der Waals surface area (Å²) in [6, 6.07) is 7.73. The normalized spacial score (nSPS) is 15.0. The van der Waals surface area contributed by atoms with Crippen LogP contribution in [0, 0.1) is 0 Å². The SMILES string of the molecule is O=C(Cl)C(=O)c1c2n(c3ccccc13)CCCCC2. The number of aryl methyl sites for hydroxylation is 1. The van der Waals surface area contributed by atoms with Crippen LogP contribution in [0.15, 0.2) is 24.3 Å². The van der Waals surface area contributed by atoms with Crippen molar-refractivity contribution < 1.29 is 9.59 Å². The molecule has 0 saturated heterocycles. The molecule has 1 aromatic heterocycles. The Morgan fingerprint density at radius 3 is 2.68 bits per heavy atom. The Hall–Kier alpha value is -1.61. The third kappa shape index (κ3) is 1.98. The lowest BCUT2D eigenvalue weighted by Gasteiger charge is -2.06. The highest BCUT2D eigenvalue weighted by molar-refractivity contribution is 6.83. The van der Waals surface area contributed by atoms with E-state index < -0.39 is 11.0 Å². The predicted molar refractivity (Wildman–Crippen MR) is 74.7 cm³/mol. The molecular weight excluding hydrogens is 262 g/mol. The number of benzene rings is 1. The fourth-order valence-electron chi connectivity index (χ4n) is 2.96. The zero-order valence-corrected chi connectivity index (χ0v) is 11.2. The fourth-order valence-corrected chi connectivity index (χ4v) is 3.06. The lowest BCUT2D eigenvalue weighted by Crippen LogP contribution is -2.11. The molecule has 1 aliphatic heterocycles. The van der Waals surface area contributed by atoms with E-state index in [1.54, 1.807) is 0 Å².